The first-order chi connectivity index (χ1) is 11.7. The maximum absolute atomic E-state index is 12.4. The monoisotopic (exact) mass is 323 g/mol. The van der Waals surface area contributed by atoms with E-state index in [0.29, 0.717) is 29.4 Å². The van der Waals surface area contributed by atoms with Crippen LogP contribution in [-0.4, -0.2) is 27.8 Å². The van der Waals surface area contributed by atoms with Crippen LogP contribution in [0.15, 0.2) is 53.1 Å². The van der Waals surface area contributed by atoms with Gasteiger partial charge in [-0.2, -0.15) is 4.98 Å². The van der Waals surface area contributed by atoms with E-state index in [4.69, 9.17) is 9.63 Å². The predicted octanol–water partition coefficient (Wildman–Crippen LogP) is 2.83. The highest BCUT2D eigenvalue weighted by Crippen LogP contribution is 2.18. The number of aromatic nitrogens is 2. The van der Waals surface area contributed by atoms with Gasteiger partial charge in [0.1, 0.15) is 0 Å². The fourth-order valence-electron chi connectivity index (χ4n) is 2.30. The normalized spacial score (nSPS) is 10.6. The standard InChI is InChI=1S/C18H17N3O3/c1-12-19-17(21-24-12)14-3-2-4-15(11-14)18(23)20-16-7-5-13(6-8-16)9-10-22/h2-8,11,22H,9-10H2,1H3,(H,20,23). The van der Waals surface area contributed by atoms with Crippen LogP contribution in [0.3, 0.4) is 0 Å². The largest absolute Gasteiger partial charge is 0.396 e. The zero-order valence-electron chi connectivity index (χ0n) is 13.2. The Balaban J connectivity index is 1.75. The van der Waals surface area contributed by atoms with Crippen LogP contribution in [0, 0.1) is 6.92 Å². The minimum Gasteiger partial charge on any atom is -0.396 e. The summed E-state index contributed by atoms with van der Waals surface area (Å²) in [6.45, 7) is 1.82. The number of hydrogen-bond acceptors (Lipinski definition) is 5. The maximum atomic E-state index is 12.4. The highest BCUT2D eigenvalue weighted by atomic mass is 16.5. The Labute approximate surface area is 139 Å². The number of aliphatic hydroxyl groups excluding tert-OH is 1. The Bertz CT molecular complexity index is 841. The van der Waals surface area contributed by atoms with E-state index in [2.05, 4.69) is 15.5 Å². The number of anilines is 1. The smallest absolute Gasteiger partial charge is 0.255 e. The zero-order valence-corrected chi connectivity index (χ0v) is 13.2. The zero-order chi connectivity index (χ0) is 16.9. The fraction of sp³-hybridized carbons (Fsp3) is 0.167. The van der Waals surface area contributed by atoms with Gasteiger partial charge in [-0.1, -0.05) is 29.4 Å². The van der Waals surface area contributed by atoms with Crippen LogP contribution in [-0.2, 0) is 6.42 Å². The Morgan fingerprint density at radius 2 is 2.00 bits per heavy atom. The summed E-state index contributed by atoms with van der Waals surface area (Å²) in [5, 5.41) is 15.6. The summed E-state index contributed by atoms with van der Waals surface area (Å²) < 4.78 is 4.97. The van der Waals surface area contributed by atoms with Gasteiger partial charge in [-0.25, -0.2) is 0 Å². The Kier molecular flexibility index (Phi) is 4.67. The molecule has 0 radical (unpaired) electrons. The molecule has 3 rings (SSSR count). The molecular weight excluding hydrogens is 306 g/mol. The van der Waals surface area contributed by atoms with Crippen LogP contribution in [0.4, 0.5) is 5.69 Å². The van der Waals surface area contributed by atoms with Crippen LogP contribution in [0.5, 0.6) is 0 Å². The first kappa shape index (κ1) is 15.9. The lowest BCUT2D eigenvalue weighted by molar-refractivity contribution is 0.102. The summed E-state index contributed by atoms with van der Waals surface area (Å²) in [5.41, 5.74) is 2.94. The van der Waals surface area contributed by atoms with Crippen molar-refractivity contribution in [3.63, 3.8) is 0 Å². The van der Waals surface area contributed by atoms with E-state index >= 15 is 0 Å². The van der Waals surface area contributed by atoms with Crippen molar-refractivity contribution >= 4 is 11.6 Å². The van der Waals surface area contributed by atoms with E-state index < -0.39 is 0 Å². The summed E-state index contributed by atoms with van der Waals surface area (Å²) in [5.74, 6) is 0.713. The average Bonchev–Trinajstić information content (AvgIpc) is 3.03. The van der Waals surface area contributed by atoms with E-state index in [1.165, 1.54) is 0 Å². The van der Waals surface area contributed by atoms with E-state index in [1.807, 2.05) is 30.3 Å². The van der Waals surface area contributed by atoms with Gasteiger partial charge in [-0.15, -0.1) is 0 Å². The van der Waals surface area contributed by atoms with Crippen molar-refractivity contribution in [2.24, 2.45) is 0 Å². The number of hydrogen-bond donors (Lipinski definition) is 2. The molecule has 0 aliphatic carbocycles. The number of amides is 1. The first-order valence-electron chi connectivity index (χ1n) is 7.57. The molecule has 0 unspecified atom stereocenters. The number of rotatable bonds is 5. The van der Waals surface area contributed by atoms with Crippen LogP contribution >= 0.6 is 0 Å². The van der Waals surface area contributed by atoms with Crippen molar-refractivity contribution in [1.29, 1.82) is 0 Å². The molecule has 1 amide bonds. The summed E-state index contributed by atoms with van der Waals surface area (Å²) in [4.78, 5) is 16.6. The lowest BCUT2D eigenvalue weighted by atomic mass is 10.1. The van der Waals surface area contributed by atoms with Gasteiger partial charge in [0.2, 0.25) is 11.7 Å². The topological polar surface area (TPSA) is 88.2 Å². The lowest BCUT2D eigenvalue weighted by Gasteiger charge is -2.07. The Morgan fingerprint density at radius 3 is 2.67 bits per heavy atom. The van der Waals surface area contributed by atoms with Crippen LogP contribution < -0.4 is 5.32 Å². The van der Waals surface area contributed by atoms with Crippen LogP contribution in [0.2, 0.25) is 0 Å². The molecule has 0 saturated heterocycles. The molecule has 0 aliphatic rings. The Morgan fingerprint density at radius 1 is 1.21 bits per heavy atom. The molecule has 0 bridgehead atoms. The van der Waals surface area contributed by atoms with Crippen molar-refractivity contribution < 1.29 is 14.4 Å². The molecule has 2 N–H and O–H groups in total. The number of benzene rings is 2. The molecule has 6 nitrogen and oxygen atoms in total. The van der Waals surface area contributed by atoms with E-state index in [9.17, 15) is 4.79 Å². The molecule has 0 atom stereocenters. The summed E-state index contributed by atoms with van der Waals surface area (Å²) in [6.07, 6.45) is 0.598. The quantitative estimate of drug-likeness (QED) is 0.754. The van der Waals surface area contributed by atoms with Gasteiger partial charge in [0.25, 0.3) is 5.91 Å². The predicted molar refractivity (Wildman–Crippen MR) is 89.7 cm³/mol. The molecule has 0 spiro atoms. The summed E-state index contributed by atoms with van der Waals surface area (Å²) >= 11 is 0. The SMILES string of the molecule is Cc1nc(-c2cccc(C(=O)Nc3ccc(CCO)cc3)c2)no1. The molecule has 6 heteroatoms. The molecule has 0 saturated carbocycles. The fourth-order valence-corrected chi connectivity index (χ4v) is 2.30. The first-order valence-corrected chi connectivity index (χ1v) is 7.57. The molecule has 0 aliphatic heterocycles. The highest BCUT2D eigenvalue weighted by molar-refractivity contribution is 6.04. The van der Waals surface area contributed by atoms with E-state index in [1.54, 1.807) is 25.1 Å². The van der Waals surface area contributed by atoms with Crippen molar-refractivity contribution in [1.82, 2.24) is 10.1 Å². The van der Waals surface area contributed by atoms with Crippen molar-refractivity contribution in [2.75, 3.05) is 11.9 Å². The van der Waals surface area contributed by atoms with Gasteiger partial charge >= 0.3 is 0 Å². The number of carbonyl (C=O) groups excluding carboxylic acids is 1. The van der Waals surface area contributed by atoms with Gasteiger partial charge in [0, 0.05) is 30.3 Å². The third-order valence-corrected chi connectivity index (χ3v) is 3.52. The molecule has 122 valence electrons. The van der Waals surface area contributed by atoms with E-state index in [-0.39, 0.29) is 12.5 Å². The number of aliphatic hydroxyl groups is 1. The Hall–Kier alpha value is -2.99. The molecule has 1 aromatic heterocycles. The van der Waals surface area contributed by atoms with Crippen LogP contribution in [0.25, 0.3) is 11.4 Å². The number of aryl methyl sites for hydroxylation is 1. The van der Waals surface area contributed by atoms with Gasteiger partial charge in [-0.05, 0) is 36.2 Å². The minimum absolute atomic E-state index is 0.105. The number of nitrogens with one attached hydrogen (secondary N) is 1. The minimum atomic E-state index is -0.216. The van der Waals surface area contributed by atoms with Gasteiger partial charge in [0.05, 0.1) is 0 Å². The average molecular weight is 323 g/mol. The molecule has 0 fully saturated rings. The van der Waals surface area contributed by atoms with Gasteiger partial charge < -0.3 is 14.9 Å². The second kappa shape index (κ2) is 7.06. The third-order valence-electron chi connectivity index (χ3n) is 3.52. The van der Waals surface area contributed by atoms with Gasteiger partial charge in [-0.3, -0.25) is 4.79 Å². The van der Waals surface area contributed by atoms with Crippen molar-refractivity contribution in [3.8, 4) is 11.4 Å². The van der Waals surface area contributed by atoms with Gasteiger partial charge in [0.15, 0.2) is 0 Å². The maximum Gasteiger partial charge on any atom is 0.255 e. The molecular formula is C18H17N3O3. The second-order valence-corrected chi connectivity index (χ2v) is 5.34. The summed E-state index contributed by atoms with van der Waals surface area (Å²) in [6, 6.07) is 14.4. The van der Waals surface area contributed by atoms with Crippen LogP contribution in [0.1, 0.15) is 21.8 Å². The summed E-state index contributed by atoms with van der Waals surface area (Å²) in [7, 11) is 0. The van der Waals surface area contributed by atoms with Crippen molar-refractivity contribution in [2.45, 2.75) is 13.3 Å². The number of carbonyl (C=O) groups is 1. The van der Waals surface area contributed by atoms with Crippen molar-refractivity contribution in [3.05, 3.63) is 65.5 Å². The second-order valence-electron chi connectivity index (χ2n) is 5.34. The molecule has 3 aromatic rings. The molecule has 1 heterocycles. The molecule has 24 heavy (non-hydrogen) atoms. The number of nitrogens with zero attached hydrogens (tertiary/aromatic N) is 2. The third kappa shape index (κ3) is 3.67. The molecule has 2 aromatic carbocycles. The highest BCUT2D eigenvalue weighted by Gasteiger charge is 2.10. The lowest BCUT2D eigenvalue weighted by Crippen LogP contribution is -2.12. The van der Waals surface area contributed by atoms with E-state index in [0.717, 1.165) is 11.1 Å².